The van der Waals surface area contributed by atoms with Crippen LogP contribution in [0.4, 0.5) is 0 Å². The van der Waals surface area contributed by atoms with E-state index in [4.69, 9.17) is 4.42 Å². The van der Waals surface area contributed by atoms with E-state index in [2.05, 4.69) is 126 Å². The number of benzene rings is 6. The van der Waals surface area contributed by atoms with Crippen molar-refractivity contribution in [1.29, 1.82) is 0 Å². The normalized spacial score (nSPS) is 21.6. The molecule has 8 aromatic rings. The lowest BCUT2D eigenvalue weighted by Crippen LogP contribution is -2.29. The van der Waals surface area contributed by atoms with E-state index in [1.165, 1.54) is 87.2 Å². The minimum atomic E-state index is 0.661. The maximum Gasteiger partial charge on any atom is 0.135 e. The molecule has 2 heteroatoms. The molecule has 2 saturated carbocycles. The van der Waals surface area contributed by atoms with Crippen molar-refractivity contribution in [3.8, 4) is 27.9 Å². The van der Waals surface area contributed by atoms with Gasteiger partial charge in [-0.3, -0.25) is 0 Å². The Kier molecular flexibility index (Phi) is 5.38. The maximum atomic E-state index is 6.16. The van der Waals surface area contributed by atoms with Crippen LogP contribution in [0.15, 0.2) is 132 Å². The highest BCUT2D eigenvalue weighted by Gasteiger charge is 2.40. The van der Waals surface area contributed by atoms with Crippen LogP contribution in [0.25, 0.3) is 71.7 Å². The van der Waals surface area contributed by atoms with E-state index in [1.807, 2.05) is 6.07 Å². The Labute approximate surface area is 274 Å². The number of hydrogen-bond acceptors (Lipinski definition) is 1. The van der Waals surface area contributed by atoms with Gasteiger partial charge in [0.1, 0.15) is 11.2 Å². The highest BCUT2D eigenvalue weighted by Crippen LogP contribution is 2.55. The van der Waals surface area contributed by atoms with E-state index in [9.17, 15) is 0 Å². The summed E-state index contributed by atoms with van der Waals surface area (Å²) in [5.74, 6) is 3.08. The third-order valence-electron chi connectivity index (χ3n) is 11.9. The van der Waals surface area contributed by atoms with Gasteiger partial charge in [0.05, 0.1) is 11.0 Å². The summed E-state index contributed by atoms with van der Waals surface area (Å²) in [4.78, 5) is 0. The molecule has 2 unspecified atom stereocenters. The number of hydrogen-bond donors (Lipinski definition) is 0. The molecular weight excluding hydrogens is 571 g/mol. The van der Waals surface area contributed by atoms with Gasteiger partial charge >= 0.3 is 0 Å². The van der Waals surface area contributed by atoms with Gasteiger partial charge in [-0.15, -0.1) is 0 Å². The molecule has 0 saturated heterocycles. The summed E-state index contributed by atoms with van der Waals surface area (Å²) in [6.45, 7) is 0. The van der Waals surface area contributed by atoms with Crippen LogP contribution in [0.5, 0.6) is 0 Å². The Morgan fingerprint density at radius 1 is 0.447 bits per heavy atom. The van der Waals surface area contributed by atoms with Crippen LogP contribution in [-0.2, 0) is 0 Å². The van der Waals surface area contributed by atoms with Gasteiger partial charge in [-0.1, -0.05) is 84.9 Å². The van der Waals surface area contributed by atoms with Crippen molar-refractivity contribution in [2.24, 2.45) is 11.8 Å². The average Bonchev–Trinajstić information content (AvgIpc) is 3.67. The lowest BCUT2D eigenvalue weighted by atomic mass is 9.63. The summed E-state index contributed by atoms with van der Waals surface area (Å²) in [7, 11) is 0. The second-order valence-electron chi connectivity index (χ2n) is 14.6. The van der Waals surface area contributed by atoms with Gasteiger partial charge in [0, 0.05) is 27.2 Å². The molecule has 47 heavy (non-hydrogen) atoms. The number of para-hydroxylation sites is 2. The Balaban J connectivity index is 1.14. The molecule has 2 atom stereocenters. The first kappa shape index (κ1) is 26.0. The van der Waals surface area contributed by atoms with Crippen LogP contribution in [-0.4, -0.2) is 4.57 Å². The Morgan fingerprint density at radius 2 is 1.11 bits per heavy atom. The molecule has 4 aliphatic carbocycles. The molecule has 12 rings (SSSR count). The maximum absolute atomic E-state index is 6.16. The number of furan rings is 1. The molecule has 0 spiro atoms. The van der Waals surface area contributed by atoms with Gasteiger partial charge in [-0.25, -0.2) is 0 Å². The first-order valence-electron chi connectivity index (χ1n) is 17.4. The monoisotopic (exact) mass is 605 g/mol. The molecule has 2 fully saturated rings. The topological polar surface area (TPSA) is 18.1 Å². The average molecular weight is 606 g/mol. The van der Waals surface area contributed by atoms with Crippen LogP contribution >= 0.6 is 0 Å². The van der Waals surface area contributed by atoms with Gasteiger partial charge in [-0.05, 0) is 132 Å². The van der Waals surface area contributed by atoms with E-state index in [-0.39, 0.29) is 0 Å². The van der Waals surface area contributed by atoms with Crippen LogP contribution in [0, 0.1) is 11.8 Å². The number of nitrogens with zero attached hydrogens (tertiary/aromatic N) is 1. The summed E-state index contributed by atoms with van der Waals surface area (Å²) in [5.41, 5.74) is 14.1. The first-order chi connectivity index (χ1) is 23.2. The van der Waals surface area contributed by atoms with E-state index in [1.54, 1.807) is 11.1 Å². The number of aromatic nitrogens is 1. The fourth-order valence-electron chi connectivity index (χ4n) is 10.1. The Hall–Kier alpha value is -5.08. The first-order valence-corrected chi connectivity index (χ1v) is 17.4. The fourth-order valence-corrected chi connectivity index (χ4v) is 10.1. The van der Waals surface area contributed by atoms with Gasteiger partial charge in [0.15, 0.2) is 0 Å². The predicted octanol–water partition coefficient (Wildman–Crippen LogP) is 12.4. The van der Waals surface area contributed by atoms with Crippen molar-refractivity contribution < 1.29 is 4.42 Å². The molecule has 2 nitrogen and oxygen atoms in total. The standard InChI is InChI=1S/C45H35NO/c1-2-8-36-34(7-1)31-20-27-19-28(21-31)23-32(22-27)35-17-15-33(26-40(35)36)46-42-11-5-3-9-37(42)38-16-13-30(25-43(38)46)29-14-18-45-41(24-29)39-10-4-6-12-44(39)47-45/h1-18,24-28,31-32H,19-23H2. The van der Waals surface area contributed by atoms with Gasteiger partial charge in [0.2, 0.25) is 0 Å². The minimum absolute atomic E-state index is 0.661. The molecule has 0 radical (unpaired) electrons. The molecule has 4 aliphatic rings. The zero-order valence-corrected chi connectivity index (χ0v) is 26.3. The molecule has 2 aromatic heterocycles. The van der Waals surface area contributed by atoms with E-state index in [0.29, 0.717) is 11.8 Å². The quantitative estimate of drug-likeness (QED) is 0.192. The molecule has 0 amide bonds. The zero-order valence-electron chi connectivity index (χ0n) is 26.3. The van der Waals surface area contributed by atoms with Crippen LogP contribution in [0.3, 0.4) is 0 Å². The van der Waals surface area contributed by atoms with Crippen molar-refractivity contribution in [2.45, 2.75) is 43.9 Å². The van der Waals surface area contributed by atoms with Gasteiger partial charge < -0.3 is 8.98 Å². The lowest BCUT2D eigenvalue weighted by Gasteiger charge is -2.42. The predicted molar refractivity (Wildman–Crippen MR) is 194 cm³/mol. The van der Waals surface area contributed by atoms with E-state index < -0.39 is 0 Å². The van der Waals surface area contributed by atoms with Crippen molar-refractivity contribution >= 4 is 43.7 Å². The lowest BCUT2D eigenvalue weighted by molar-refractivity contribution is 0.153. The van der Waals surface area contributed by atoms with Gasteiger partial charge in [0.25, 0.3) is 0 Å². The van der Waals surface area contributed by atoms with Crippen molar-refractivity contribution in [1.82, 2.24) is 4.57 Å². The third-order valence-corrected chi connectivity index (χ3v) is 11.9. The summed E-state index contributed by atoms with van der Waals surface area (Å²) >= 11 is 0. The molecule has 0 N–H and O–H groups in total. The molecule has 6 aromatic carbocycles. The molecule has 2 heterocycles. The molecule has 4 bridgehead atoms. The molecular formula is C45H35NO. The summed E-state index contributed by atoms with van der Waals surface area (Å²) < 4.78 is 8.67. The summed E-state index contributed by atoms with van der Waals surface area (Å²) in [5, 5.41) is 4.92. The SMILES string of the molecule is c1ccc2c(c1)-c1cc(-n3c4ccccc4c4ccc(-c5ccc6oc7ccccc7c6c5)cc43)ccc1C1CC3CC(CC2C3)C1. The van der Waals surface area contributed by atoms with Crippen molar-refractivity contribution in [3.05, 3.63) is 139 Å². The van der Waals surface area contributed by atoms with Crippen molar-refractivity contribution in [3.63, 3.8) is 0 Å². The third kappa shape index (κ3) is 3.85. The Morgan fingerprint density at radius 3 is 1.98 bits per heavy atom. The molecule has 226 valence electrons. The summed E-state index contributed by atoms with van der Waals surface area (Å²) in [6, 6.07) is 47.7. The highest BCUT2D eigenvalue weighted by molar-refractivity contribution is 6.11. The minimum Gasteiger partial charge on any atom is -0.456 e. The highest BCUT2D eigenvalue weighted by atomic mass is 16.3. The fraction of sp³-hybridized carbons (Fsp3) is 0.200. The second-order valence-corrected chi connectivity index (χ2v) is 14.6. The smallest absolute Gasteiger partial charge is 0.135 e. The summed E-state index contributed by atoms with van der Waals surface area (Å²) in [6.07, 6.45) is 6.86. The van der Waals surface area contributed by atoms with Crippen LogP contribution < -0.4 is 0 Å². The van der Waals surface area contributed by atoms with E-state index in [0.717, 1.165) is 28.4 Å². The van der Waals surface area contributed by atoms with E-state index >= 15 is 0 Å². The van der Waals surface area contributed by atoms with Crippen LogP contribution in [0.1, 0.15) is 55.1 Å². The number of fused-ring (bicyclic) bond motifs is 6. The van der Waals surface area contributed by atoms with Gasteiger partial charge in [-0.2, -0.15) is 0 Å². The van der Waals surface area contributed by atoms with Crippen LogP contribution in [0.2, 0.25) is 0 Å². The Bertz CT molecular complexity index is 2530. The largest absolute Gasteiger partial charge is 0.456 e. The van der Waals surface area contributed by atoms with Crippen molar-refractivity contribution in [2.75, 3.05) is 0 Å². The zero-order chi connectivity index (χ0) is 30.6. The second kappa shape index (κ2) is 9.72. The number of rotatable bonds is 2. The molecule has 0 aliphatic heterocycles.